The van der Waals surface area contributed by atoms with Crippen LogP contribution in [0.3, 0.4) is 0 Å². The molecule has 0 saturated heterocycles. The Morgan fingerprint density at radius 1 is 1.29 bits per heavy atom. The SMILES string of the molecule is CC1=C(O)c2ccccc2C(O)C1=O. The van der Waals surface area contributed by atoms with Gasteiger partial charge in [-0.2, -0.15) is 0 Å². The topological polar surface area (TPSA) is 57.5 Å². The first-order valence-electron chi connectivity index (χ1n) is 4.34. The van der Waals surface area contributed by atoms with E-state index in [9.17, 15) is 15.0 Å². The first kappa shape index (κ1) is 8.97. The molecule has 3 nitrogen and oxygen atoms in total. The molecule has 1 aromatic rings. The average molecular weight is 190 g/mol. The molecule has 0 spiro atoms. The maximum atomic E-state index is 11.4. The lowest BCUT2D eigenvalue weighted by Gasteiger charge is -2.20. The minimum atomic E-state index is -1.14. The van der Waals surface area contributed by atoms with Crippen molar-refractivity contribution in [2.24, 2.45) is 0 Å². The van der Waals surface area contributed by atoms with Gasteiger partial charge < -0.3 is 10.2 Å². The normalized spacial score (nSPS) is 21.0. The van der Waals surface area contributed by atoms with Crippen LogP contribution < -0.4 is 0 Å². The molecular weight excluding hydrogens is 180 g/mol. The van der Waals surface area contributed by atoms with Gasteiger partial charge in [0.25, 0.3) is 0 Å². The highest BCUT2D eigenvalue weighted by Crippen LogP contribution is 2.32. The Morgan fingerprint density at radius 2 is 1.93 bits per heavy atom. The second-order valence-corrected chi connectivity index (χ2v) is 3.33. The van der Waals surface area contributed by atoms with E-state index >= 15 is 0 Å². The number of rotatable bonds is 0. The highest BCUT2D eigenvalue weighted by atomic mass is 16.3. The number of carbonyl (C=O) groups is 1. The summed E-state index contributed by atoms with van der Waals surface area (Å²) in [5.74, 6) is -0.461. The van der Waals surface area contributed by atoms with Gasteiger partial charge in [0.1, 0.15) is 11.9 Å². The fourth-order valence-corrected chi connectivity index (χ4v) is 1.62. The van der Waals surface area contributed by atoms with E-state index in [4.69, 9.17) is 0 Å². The minimum absolute atomic E-state index is 0.0316. The maximum absolute atomic E-state index is 11.4. The highest BCUT2D eigenvalue weighted by Gasteiger charge is 2.29. The predicted molar refractivity (Wildman–Crippen MR) is 51.6 cm³/mol. The Morgan fingerprint density at radius 3 is 2.64 bits per heavy atom. The molecule has 1 atom stereocenters. The summed E-state index contributed by atoms with van der Waals surface area (Å²) in [6.45, 7) is 1.51. The smallest absolute Gasteiger partial charge is 0.195 e. The van der Waals surface area contributed by atoms with Gasteiger partial charge in [-0.1, -0.05) is 24.3 Å². The molecule has 0 radical (unpaired) electrons. The Balaban J connectivity index is 2.71. The molecule has 14 heavy (non-hydrogen) atoms. The van der Waals surface area contributed by atoms with Crippen LogP contribution in [0.25, 0.3) is 5.76 Å². The van der Waals surface area contributed by atoms with Gasteiger partial charge in [0, 0.05) is 11.1 Å². The van der Waals surface area contributed by atoms with E-state index < -0.39 is 11.9 Å². The van der Waals surface area contributed by atoms with Crippen molar-refractivity contribution >= 4 is 11.5 Å². The molecule has 2 N–H and O–H groups in total. The Kier molecular flexibility index (Phi) is 1.89. The summed E-state index contributed by atoms with van der Waals surface area (Å²) in [5.41, 5.74) is 1.23. The van der Waals surface area contributed by atoms with E-state index in [-0.39, 0.29) is 11.3 Å². The molecule has 0 aliphatic heterocycles. The molecule has 0 aromatic heterocycles. The Labute approximate surface area is 81.3 Å². The van der Waals surface area contributed by atoms with Crippen LogP contribution in [-0.2, 0) is 4.79 Å². The van der Waals surface area contributed by atoms with Crippen LogP contribution in [0, 0.1) is 0 Å². The fraction of sp³-hybridized carbons (Fsp3) is 0.182. The summed E-state index contributed by atoms with van der Waals surface area (Å²) in [4.78, 5) is 11.4. The summed E-state index contributed by atoms with van der Waals surface area (Å²) >= 11 is 0. The standard InChI is InChI=1S/C11H10O3/c1-6-9(12)7-4-2-3-5-8(7)11(14)10(6)13/h2-5,11-12,14H,1H3. The molecule has 1 aliphatic rings. The second kappa shape index (κ2) is 2.96. The maximum Gasteiger partial charge on any atom is 0.195 e. The Hall–Kier alpha value is -1.61. The average Bonchev–Trinajstić information content (AvgIpc) is 2.23. The van der Waals surface area contributed by atoms with E-state index in [1.165, 1.54) is 6.92 Å². The third-order valence-electron chi connectivity index (χ3n) is 2.48. The first-order chi connectivity index (χ1) is 6.63. The number of aliphatic hydroxyl groups is 2. The van der Waals surface area contributed by atoms with Gasteiger partial charge in [0.05, 0.1) is 0 Å². The lowest BCUT2D eigenvalue weighted by molar-refractivity contribution is -0.123. The molecule has 3 heteroatoms. The van der Waals surface area contributed by atoms with E-state index in [0.717, 1.165) is 0 Å². The van der Waals surface area contributed by atoms with E-state index in [0.29, 0.717) is 11.1 Å². The quantitative estimate of drug-likeness (QED) is 0.653. The summed E-state index contributed by atoms with van der Waals surface area (Å²) in [7, 11) is 0. The number of aliphatic hydroxyl groups excluding tert-OH is 2. The summed E-state index contributed by atoms with van der Waals surface area (Å²) < 4.78 is 0. The second-order valence-electron chi connectivity index (χ2n) is 3.33. The van der Waals surface area contributed by atoms with Crippen molar-refractivity contribution in [1.82, 2.24) is 0 Å². The van der Waals surface area contributed by atoms with Gasteiger partial charge in [-0.15, -0.1) is 0 Å². The summed E-state index contributed by atoms with van der Waals surface area (Å²) in [6.07, 6.45) is -1.14. The molecule has 1 aliphatic carbocycles. The number of carbonyl (C=O) groups excluding carboxylic acids is 1. The number of hydrogen-bond acceptors (Lipinski definition) is 3. The van der Waals surface area contributed by atoms with E-state index in [2.05, 4.69) is 0 Å². The van der Waals surface area contributed by atoms with Crippen LogP contribution in [0.15, 0.2) is 29.8 Å². The molecule has 0 amide bonds. The van der Waals surface area contributed by atoms with Crippen molar-refractivity contribution < 1.29 is 15.0 Å². The number of benzene rings is 1. The van der Waals surface area contributed by atoms with Gasteiger partial charge in [-0.25, -0.2) is 0 Å². The number of ketones is 1. The summed E-state index contributed by atoms with van der Waals surface area (Å²) in [5, 5.41) is 19.3. The minimum Gasteiger partial charge on any atom is -0.507 e. The molecule has 0 fully saturated rings. The molecule has 0 bridgehead atoms. The number of Topliss-reactive ketones (excluding diaryl/α,β-unsaturated/α-hetero) is 1. The van der Waals surface area contributed by atoms with Gasteiger partial charge >= 0.3 is 0 Å². The van der Waals surface area contributed by atoms with Crippen LogP contribution >= 0.6 is 0 Å². The van der Waals surface area contributed by atoms with Crippen molar-refractivity contribution in [2.45, 2.75) is 13.0 Å². The fourth-order valence-electron chi connectivity index (χ4n) is 1.62. The van der Waals surface area contributed by atoms with E-state index in [1.54, 1.807) is 24.3 Å². The molecule has 0 saturated carbocycles. The molecule has 72 valence electrons. The number of hydrogen-bond donors (Lipinski definition) is 2. The third kappa shape index (κ3) is 1.06. The van der Waals surface area contributed by atoms with Crippen LogP contribution in [0.5, 0.6) is 0 Å². The zero-order chi connectivity index (χ0) is 10.3. The van der Waals surface area contributed by atoms with Crippen molar-refractivity contribution in [3.05, 3.63) is 41.0 Å². The van der Waals surface area contributed by atoms with Crippen molar-refractivity contribution in [2.75, 3.05) is 0 Å². The van der Waals surface area contributed by atoms with Gasteiger partial charge in [-0.3, -0.25) is 4.79 Å². The van der Waals surface area contributed by atoms with Crippen LogP contribution in [0.1, 0.15) is 24.2 Å². The summed E-state index contributed by atoms with van der Waals surface area (Å²) in [6, 6.07) is 6.80. The van der Waals surface area contributed by atoms with E-state index in [1.807, 2.05) is 0 Å². The molecule has 2 rings (SSSR count). The molecule has 1 unspecified atom stereocenters. The number of fused-ring (bicyclic) bond motifs is 1. The van der Waals surface area contributed by atoms with Gasteiger partial charge in [-0.05, 0) is 12.5 Å². The molecular formula is C11H10O3. The van der Waals surface area contributed by atoms with Crippen LogP contribution in [-0.4, -0.2) is 16.0 Å². The van der Waals surface area contributed by atoms with Crippen molar-refractivity contribution in [3.63, 3.8) is 0 Å². The lowest BCUT2D eigenvalue weighted by Crippen LogP contribution is -2.20. The van der Waals surface area contributed by atoms with Crippen molar-refractivity contribution in [3.8, 4) is 0 Å². The third-order valence-corrected chi connectivity index (χ3v) is 2.48. The van der Waals surface area contributed by atoms with Gasteiger partial charge in [0.2, 0.25) is 0 Å². The monoisotopic (exact) mass is 190 g/mol. The first-order valence-corrected chi connectivity index (χ1v) is 4.34. The molecule has 1 aromatic carbocycles. The van der Waals surface area contributed by atoms with Gasteiger partial charge in [0.15, 0.2) is 5.78 Å². The highest BCUT2D eigenvalue weighted by molar-refractivity contribution is 6.07. The van der Waals surface area contributed by atoms with Crippen LogP contribution in [0.4, 0.5) is 0 Å². The molecule has 0 heterocycles. The van der Waals surface area contributed by atoms with Crippen molar-refractivity contribution in [1.29, 1.82) is 0 Å². The predicted octanol–water partition coefficient (Wildman–Crippen LogP) is 1.59. The zero-order valence-corrected chi connectivity index (χ0v) is 7.69. The lowest BCUT2D eigenvalue weighted by atomic mass is 9.88. The largest absolute Gasteiger partial charge is 0.507 e. The van der Waals surface area contributed by atoms with Crippen LogP contribution in [0.2, 0.25) is 0 Å². The Bertz CT molecular complexity index is 432. The zero-order valence-electron chi connectivity index (χ0n) is 7.69.